The van der Waals surface area contributed by atoms with Crippen LogP contribution in [0.25, 0.3) is 0 Å². The van der Waals surface area contributed by atoms with Gasteiger partial charge in [0.25, 0.3) is 0 Å². The van der Waals surface area contributed by atoms with Crippen molar-refractivity contribution in [2.45, 2.75) is 0 Å². The molecule has 0 unspecified atom stereocenters. The molecule has 0 atom stereocenters. The van der Waals surface area contributed by atoms with E-state index in [0.29, 0.717) is 27.8 Å². The first-order valence-corrected chi connectivity index (χ1v) is 5.64. The van der Waals surface area contributed by atoms with Crippen LogP contribution in [0.4, 0.5) is 21.5 Å². The van der Waals surface area contributed by atoms with Gasteiger partial charge in [-0.15, -0.1) is 0 Å². The smallest absolute Gasteiger partial charge is 0.143 e. The summed E-state index contributed by atoms with van der Waals surface area (Å²) in [5, 5.41) is 3.39. The van der Waals surface area contributed by atoms with E-state index in [1.165, 1.54) is 25.3 Å². The van der Waals surface area contributed by atoms with Gasteiger partial charge < -0.3 is 15.8 Å². The second-order valence-corrected chi connectivity index (χ2v) is 4.08. The fourth-order valence-corrected chi connectivity index (χ4v) is 1.73. The molecular weight excluding hydrogens is 255 g/mol. The van der Waals surface area contributed by atoms with Crippen LogP contribution in [0.15, 0.2) is 36.4 Å². The Kier molecular flexibility index (Phi) is 3.58. The van der Waals surface area contributed by atoms with Crippen LogP contribution in [0, 0.1) is 5.82 Å². The number of nitrogens with one attached hydrogen (secondary N) is 1. The molecule has 0 aliphatic carbocycles. The zero-order valence-electron chi connectivity index (χ0n) is 9.71. The molecule has 0 bridgehead atoms. The zero-order chi connectivity index (χ0) is 13.1. The summed E-state index contributed by atoms with van der Waals surface area (Å²) in [6.07, 6.45) is 0. The van der Waals surface area contributed by atoms with Crippen LogP contribution >= 0.6 is 11.6 Å². The SMILES string of the molecule is COc1cccc(Nc2cc(F)ccc2Cl)c1N. The fraction of sp³-hybridized carbons (Fsp3) is 0.0769. The van der Waals surface area contributed by atoms with Gasteiger partial charge in [0.05, 0.1) is 29.2 Å². The molecule has 94 valence electrons. The van der Waals surface area contributed by atoms with Crippen molar-refractivity contribution in [2.75, 3.05) is 18.2 Å². The molecule has 0 heterocycles. The Labute approximate surface area is 109 Å². The highest BCUT2D eigenvalue weighted by molar-refractivity contribution is 6.33. The summed E-state index contributed by atoms with van der Waals surface area (Å²) >= 11 is 5.97. The standard InChI is InChI=1S/C13H12ClFN2O/c1-18-12-4-2-3-10(13(12)16)17-11-7-8(15)5-6-9(11)14/h2-7,17H,16H2,1H3. The van der Waals surface area contributed by atoms with E-state index in [9.17, 15) is 4.39 Å². The Morgan fingerprint density at radius 1 is 1.22 bits per heavy atom. The Morgan fingerprint density at radius 3 is 2.72 bits per heavy atom. The predicted octanol–water partition coefficient (Wildman–Crippen LogP) is 3.81. The highest BCUT2D eigenvalue weighted by Crippen LogP contribution is 2.33. The number of methoxy groups -OCH3 is 1. The lowest BCUT2D eigenvalue weighted by Gasteiger charge is -2.13. The van der Waals surface area contributed by atoms with Gasteiger partial charge in [0.1, 0.15) is 11.6 Å². The minimum Gasteiger partial charge on any atom is -0.495 e. The van der Waals surface area contributed by atoms with Gasteiger partial charge in [0.15, 0.2) is 0 Å². The van der Waals surface area contributed by atoms with Crippen LogP contribution in [-0.2, 0) is 0 Å². The normalized spacial score (nSPS) is 10.2. The first kappa shape index (κ1) is 12.5. The molecule has 0 aliphatic heterocycles. The van der Waals surface area contributed by atoms with Crippen molar-refractivity contribution in [3.05, 3.63) is 47.2 Å². The van der Waals surface area contributed by atoms with E-state index >= 15 is 0 Å². The Hall–Kier alpha value is -1.94. The van der Waals surface area contributed by atoms with Crippen molar-refractivity contribution in [1.82, 2.24) is 0 Å². The second-order valence-electron chi connectivity index (χ2n) is 3.67. The Bertz CT molecular complexity index is 575. The molecule has 0 aromatic heterocycles. The minimum absolute atomic E-state index is 0.372. The van der Waals surface area contributed by atoms with Crippen molar-refractivity contribution in [2.24, 2.45) is 0 Å². The first-order valence-electron chi connectivity index (χ1n) is 5.26. The molecule has 0 spiro atoms. The number of rotatable bonds is 3. The third-order valence-corrected chi connectivity index (χ3v) is 2.81. The van der Waals surface area contributed by atoms with Gasteiger partial charge in [-0.3, -0.25) is 0 Å². The van der Waals surface area contributed by atoms with E-state index in [4.69, 9.17) is 22.1 Å². The molecule has 3 N–H and O–H groups in total. The largest absolute Gasteiger partial charge is 0.495 e. The quantitative estimate of drug-likeness (QED) is 0.831. The lowest BCUT2D eigenvalue weighted by molar-refractivity contribution is 0.417. The van der Waals surface area contributed by atoms with Crippen molar-refractivity contribution in [1.29, 1.82) is 0 Å². The van der Waals surface area contributed by atoms with Gasteiger partial charge in [-0.2, -0.15) is 0 Å². The molecule has 0 fully saturated rings. The summed E-state index contributed by atoms with van der Waals surface area (Å²) < 4.78 is 18.2. The molecule has 0 radical (unpaired) electrons. The van der Waals surface area contributed by atoms with Crippen LogP contribution in [0.3, 0.4) is 0 Å². The Morgan fingerprint density at radius 2 is 2.00 bits per heavy atom. The molecule has 3 nitrogen and oxygen atoms in total. The van der Waals surface area contributed by atoms with E-state index in [1.807, 2.05) is 0 Å². The van der Waals surface area contributed by atoms with Gasteiger partial charge in [-0.05, 0) is 30.3 Å². The molecule has 2 aromatic rings. The van der Waals surface area contributed by atoms with Crippen molar-refractivity contribution >= 4 is 28.7 Å². The monoisotopic (exact) mass is 266 g/mol. The van der Waals surface area contributed by atoms with Crippen LogP contribution in [-0.4, -0.2) is 7.11 Å². The Balaban J connectivity index is 2.37. The van der Waals surface area contributed by atoms with E-state index < -0.39 is 0 Å². The molecule has 5 heteroatoms. The van der Waals surface area contributed by atoms with Gasteiger partial charge in [-0.1, -0.05) is 17.7 Å². The zero-order valence-corrected chi connectivity index (χ0v) is 10.5. The molecule has 0 aliphatic rings. The molecule has 18 heavy (non-hydrogen) atoms. The highest BCUT2D eigenvalue weighted by atomic mass is 35.5. The molecule has 0 amide bonds. The second kappa shape index (κ2) is 5.14. The summed E-state index contributed by atoms with van der Waals surface area (Å²) in [6, 6.07) is 9.37. The topological polar surface area (TPSA) is 47.3 Å². The van der Waals surface area contributed by atoms with Crippen LogP contribution in [0.1, 0.15) is 0 Å². The van der Waals surface area contributed by atoms with E-state index in [0.717, 1.165) is 0 Å². The number of para-hydroxylation sites is 1. The maximum absolute atomic E-state index is 13.1. The van der Waals surface area contributed by atoms with Crippen molar-refractivity contribution in [3.8, 4) is 5.75 Å². The number of nitrogen functional groups attached to an aromatic ring is 1. The number of ether oxygens (including phenoxy) is 1. The van der Waals surface area contributed by atoms with Crippen molar-refractivity contribution in [3.63, 3.8) is 0 Å². The van der Waals surface area contributed by atoms with Crippen LogP contribution < -0.4 is 15.8 Å². The third-order valence-electron chi connectivity index (χ3n) is 2.48. The summed E-state index contributed by atoms with van der Waals surface area (Å²) in [7, 11) is 1.53. The average Bonchev–Trinajstić information content (AvgIpc) is 2.36. The number of hydrogen-bond donors (Lipinski definition) is 2. The average molecular weight is 267 g/mol. The van der Waals surface area contributed by atoms with Gasteiger partial charge >= 0.3 is 0 Å². The number of benzene rings is 2. The number of halogens is 2. The summed E-state index contributed by atoms with van der Waals surface area (Å²) in [5.74, 6) is 0.177. The number of nitrogens with two attached hydrogens (primary N) is 1. The van der Waals surface area contributed by atoms with Gasteiger partial charge in [0, 0.05) is 0 Å². The summed E-state index contributed by atoms with van der Waals surface area (Å²) in [6.45, 7) is 0. The highest BCUT2D eigenvalue weighted by Gasteiger charge is 2.08. The van der Waals surface area contributed by atoms with Crippen LogP contribution in [0.2, 0.25) is 5.02 Å². The lowest BCUT2D eigenvalue weighted by Crippen LogP contribution is -1.99. The lowest BCUT2D eigenvalue weighted by atomic mass is 10.2. The third kappa shape index (κ3) is 2.49. The van der Waals surface area contributed by atoms with Crippen molar-refractivity contribution < 1.29 is 9.13 Å². The number of hydrogen-bond acceptors (Lipinski definition) is 3. The minimum atomic E-state index is -0.372. The predicted molar refractivity (Wildman–Crippen MR) is 72.1 cm³/mol. The van der Waals surface area contributed by atoms with Gasteiger partial charge in [-0.25, -0.2) is 4.39 Å². The molecule has 0 saturated heterocycles. The molecule has 2 aromatic carbocycles. The van der Waals surface area contributed by atoms with E-state index in [-0.39, 0.29) is 5.82 Å². The van der Waals surface area contributed by atoms with E-state index in [2.05, 4.69) is 5.32 Å². The van der Waals surface area contributed by atoms with Gasteiger partial charge in [0.2, 0.25) is 0 Å². The van der Waals surface area contributed by atoms with E-state index in [1.54, 1.807) is 18.2 Å². The molecule has 0 saturated carbocycles. The van der Waals surface area contributed by atoms with Crippen LogP contribution in [0.5, 0.6) is 5.75 Å². The number of anilines is 3. The first-order chi connectivity index (χ1) is 8.61. The molecular formula is C13H12ClFN2O. The molecule has 2 rings (SSSR count). The summed E-state index contributed by atoms with van der Waals surface area (Å²) in [4.78, 5) is 0. The maximum Gasteiger partial charge on any atom is 0.143 e. The fourth-order valence-electron chi connectivity index (χ4n) is 1.57. The maximum atomic E-state index is 13.1. The summed E-state index contributed by atoms with van der Waals surface area (Å²) in [5.41, 5.74) is 7.42.